The average Bonchev–Trinajstić information content (AvgIpc) is 3.11. The number of anilines is 1. The molecule has 3 rings (SSSR count). The van der Waals surface area contributed by atoms with Gasteiger partial charge in [0.25, 0.3) is 11.6 Å². The van der Waals surface area contributed by atoms with E-state index in [2.05, 4.69) is 0 Å². The topological polar surface area (TPSA) is 139 Å². The number of carbonyl (C=O) groups excluding carboxylic acids is 3. The Kier molecular flexibility index (Phi) is 4.88. The van der Waals surface area contributed by atoms with Crippen molar-refractivity contribution >= 4 is 52.0 Å². The smallest absolute Gasteiger partial charge is 0.409 e. The highest BCUT2D eigenvalue weighted by Gasteiger charge is 2.69. The van der Waals surface area contributed by atoms with Gasteiger partial charge < -0.3 is 20.3 Å². The Morgan fingerprint density at radius 1 is 1.41 bits per heavy atom. The summed E-state index contributed by atoms with van der Waals surface area (Å²) in [4.78, 5) is 50.3. The van der Waals surface area contributed by atoms with Crippen molar-refractivity contribution < 1.29 is 33.8 Å². The van der Waals surface area contributed by atoms with Gasteiger partial charge in [0.2, 0.25) is 5.91 Å². The standard InChI is InChI=1S/C15H15N3O7S2/c1-7(19)18(9-4-3-5-26-9)15(24-2)12(22)17-6-8(25-14(16)23)10(11(20)21)27-13(15)17/h3-6,10,13H,1-2H3,(H2,16,23)(H,20,21)/t10?,13-,15?/m1/s1. The maximum atomic E-state index is 12.9. The summed E-state index contributed by atoms with van der Waals surface area (Å²) in [7, 11) is 1.27. The number of nitrogens with zero attached hydrogens (tertiary/aromatic N) is 2. The Hall–Kier alpha value is -2.57. The van der Waals surface area contributed by atoms with Crippen LogP contribution in [0, 0.1) is 0 Å². The van der Waals surface area contributed by atoms with E-state index < -0.39 is 40.2 Å². The van der Waals surface area contributed by atoms with Crippen molar-refractivity contribution in [3.63, 3.8) is 0 Å². The molecule has 0 radical (unpaired) electrons. The van der Waals surface area contributed by atoms with E-state index in [9.17, 15) is 24.3 Å². The second-order valence-corrected chi connectivity index (χ2v) is 7.69. The molecule has 12 heteroatoms. The Bertz CT molecular complexity index is 840. The number of thiophene rings is 1. The van der Waals surface area contributed by atoms with E-state index in [0.29, 0.717) is 5.00 Å². The summed E-state index contributed by atoms with van der Waals surface area (Å²) >= 11 is 2.04. The van der Waals surface area contributed by atoms with Gasteiger partial charge in [0.05, 0.1) is 0 Å². The summed E-state index contributed by atoms with van der Waals surface area (Å²) in [5.74, 6) is -2.61. The number of carbonyl (C=O) groups is 4. The van der Waals surface area contributed by atoms with Crippen LogP contribution in [0.3, 0.4) is 0 Å². The fourth-order valence-corrected chi connectivity index (χ4v) is 5.23. The van der Waals surface area contributed by atoms with Crippen LogP contribution in [0.2, 0.25) is 0 Å². The molecule has 0 aliphatic carbocycles. The lowest BCUT2D eigenvalue weighted by molar-refractivity contribution is -0.182. The third-order valence-corrected chi connectivity index (χ3v) is 6.41. The average molecular weight is 413 g/mol. The first-order chi connectivity index (χ1) is 12.7. The molecule has 1 aromatic rings. The number of β-lactam (4-membered cyclic amide) rings is 1. The van der Waals surface area contributed by atoms with E-state index >= 15 is 0 Å². The zero-order valence-corrected chi connectivity index (χ0v) is 15.8. The molecule has 2 unspecified atom stereocenters. The summed E-state index contributed by atoms with van der Waals surface area (Å²) in [6.07, 6.45) is -0.0849. The third kappa shape index (κ3) is 2.85. The molecule has 27 heavy (non-hydrogen) atoms. The van der Waals surface area contributed by atoms with E-state index in [4.69, 9.17) is 15.2 Å². The predicted molar refractivity (Wildman–Crippen MR) is 95.6 cm³/mol. The van der Waals surface area contributed by atoms with Gasteiger partial charge >= 0.3 is 12.1 Å². The number of amides is 3. The van der Waals surface area contributed by atoms with Crippen LogP contribution >= 0.6 is 23.1 Å². The summed E-state index contributed by atoms with van der Waals surface area (Å²) in [6.45, 7) is 1.29. The Balaban J connectivity index is 2.05. The van der Waals surface area contributed by atoms with Crippen molar-refractivity contribution in [2.75, 3.05) is 12.0 Å². The molecule has 1 saturated heterocycles. The largest absolute Gasteiger partial charge is 0.480 e. The van der Waals surface area contributed by atoms with Gasteiger partial charge in [-0.25, -0.2) is 4.79 Å². The summed E-state index contributed by atoms with van der Waals surface area (Å²) in [5, 5.41) is 9.53. The number of ether oxygens (including phenoxy) is 2. The molecule has 10 nitrogen and oxygen atoms in total. The monoisotopic (exact) mass is 413 g/mol. The molecule has 3 heterocycles. The molecule has 3 amide bonds. The zero-order valence-electron chi connectivity index (χ0n) is 14.1. The van der Waals surface area contributed by atoms with Crippen LogP contribution < -0.4 is 10.6 Å². The number of carboxylic acids is 1. The summed E-state index contributed by atoms with van der Waals surface area (Å²) < 4.78 is 10.2. The molecule has 0 spiro atoms. The number of thioether (sulfide) groups is 1. The van der Waals surface area contributed by atoms with Crippen molar-refractivity contribution in [2.24, 2.45) is 5.73 Å². The second-order valence-electron chi connectivity index (χ2n) is 5.58. The van der Waals surface area contributed by atoms with Crippen molar-refractivity contribution in [1.82, 2.24) is 4.90 Å². The van der Waals surface area contributed by atoms with Crippen molar-refractivity contribution in [3.05, 3.63) is 29.5 Å². The van der Waals surface area contributed by atoms with Gasteiger partial charge in [0.1, 0.15) is 10.4 Å². The highest BCUT2D eigenvalue weighted by Crippen LogP contribution is 2.51. The van der Waals surface area contributed by atoms with Crippen LogP contribution in [-0.4, -0.2) is 57.3 Å². The van der Waals surface area contributed by atoms with Gasteiger partial charge in [0.15, 0.2) is 11.0 Å². The molecule has 0 bridgehead atoms. The Labute approximate surface area is 161 Å². The fourth-order valence-electron chi connectivity index (χ4n) is 3.02. The van der Waals surface area contributed by atoms with E-state index in [1.807, 2.05) is 0 Å². The lowest BCUT2D eigenvalue weighted by Gasteiger charge is -2.58. The van der Waals surface area contributed by atoms with Crippen LogP contribution in [-0.2, 0) is 23.9 Å². The number of nitrogens with two attached hydrogens (primary N) is 1. The minimum atomic E-state index is -1.72. The second kappa shape index (κ2) is 6.87. The number of fused-ring (bicyclic) bond motifs is 1. The van der Waals surface area contributed by atoms with Crippen molar-refractivity contribution in [1.29, 1.82) is 0 Å². The zero-order chi connectivity index (χ0) is 19.9. The first-order valence-electron chi connectivity index (χ1n) is 7.53. The summed E-state index contributed by atoms with van der Waals surface area (Å²) in [5.41, 5.74) is 3.25. The van der Waals surface area contributed by atoms with E-state index in [0.717, 1.165) is 22.9 Å². The van der Waals surface area contributed by atoms with Crippen molar-refractivity contribution in [3.8, 4) is 0 Å². The molecule has 1 fully saturated rings. The first-order valence-corrected chi connectivity index (χ1v) is 9.35. The number of primary amides is 1. The third-order valence-electron chi connectivity index (χ3n) is 4.05. The van der Waals surface area contributed by atoms with Crippen molar-refractivity contribution in [2.45, 2.75) is 23.3 Å². The molecular weight excluding hydrogens is 398 g/mol. The highest BCUT2D eigenvalue weighted by atomic mass is 32.2. The van der Waals surface area contributed by atoms with Crippen LogP contribution in [0.25, 0.3) is 0 Å². The minimum Gasteiger partial charge on any atom is -0.480 e. The lowest BCUT2D eigenvalue weighted by atomic mass is 9.99. The summed E-state index contributed by atoms with van der Waals surface area (Å²) in [6, 6.07) is 3.37. The number of rotatable bonds is 5. The lowest BCUT2D eigenvalue weighted by Crippen LogP contribution is -2.80. The molecule has 3 N–H and O–H groups in total. The molecule has 3 atom stereocenters. The molecular formula is C15H15N3O7S2. The van der Waals surface area contributed by atoms with E-state index in [1.165, 1.54) is 30.3 Å². The van der Waals surface area contributed by atoms with Gasteiger partial charge in [-0.15, -0.1) is 23.1 Å². The van der Waals surface area contributed by atoms with Crippen LogP contribution in [0.4, 0.5) is 9.80 Å². The number of hydrogen-bond donors (Lipinski definition) is 2. The number of aliphatic carboxylic acids is 1. The molecule has 1 aromatic heterocycles. The van der Waals surface area contributed by atoms with Gasteiger partial charge in [-0.1, -0.05) is 0 Å². The molecule has 2 aliphatic rings. The number of carboxylic acid groups (broad SMARTS) is 1. The molecule has 0 saturated carbocycles. The fraction of sp³-hybridized carbons (Fsp3) is 0.333. The Morgan fingerprint density at radius 2 is 2.11 bits per heavy atom. The van der Waals surface area contributed by atoms with E-state index in [-0.39, 0.29) is 5.76 Å². The predicted octanol–water partition coefficient (Wildman–Crippen LogP) is 0.749. The Morgan fingerprint density at radius 3 is 2.59 bits per heavy atom. The molecule has 144 valence electrons. The first kappa shape index (κ1) is 19.2. The highest BCUT2D eigenvalue weighted by molar-refractivity contribution is 8.01. The number of hydrogen-bond acceptors (Lipinski definition) is 8. The van der Waals surface area contributed by atoms with Crippen LogP contribution in [0.1, 0.15) is 6.92 Å². The van der Waals surface area contributed by atoms with Gasteiger partial charge in [-0.05, 0) is 17.5 Å². The van der Waals surface area contributed by atoms with Gasteiger partial charge in [0, 0.05) is 20.2 Å². The minimum absolute atomic E-state index is 0.278. The van der Waals surface area contributed by atoms with E-state index in [1.54, 1.807) is 17.5 Å². The van der Waals surface area contributed by atoms with Crippen LogP contribution in [0.5, 0.6) is 0 Å². The quantitative estimate of drug-likeness (QED) is 0.532. The molecule has 0 aromatic carbocycles. The van der Waals surface area contributed by atoms with Gasteiger partial charge in [-0.3, -0.25) is 24.2 Å². The number of methoxy groups -OCH3 is 1. The maximum absolute atomic E-state index is 12.9. The molecule has 2 aliphatic heterocycles. The van der Waals surface area contributed by atoms with Gasteiger partial charge in [-0.2, -0.15) is 0 Å². The van der Waals surface area contributed by atoms with Crippen LogP contribution in [0.15, 0.2) is 29.5 Å². The maximum Gasteiger partial charge on any atom is 0.409 e. The normalized spacial score (nSPS) is 26.5. The SMILES string of the molecule is COC1(N(C(C)=O)c2cccs2)C(=O)N2C=C(OC(N)=O)C(C(=O)O)S[C@@H]21.